The molecule has 2 rings (SSSR count). The Morgan fingerprint density at radius 3 is 2.48 bits per heavy atom. The molecule has 1 heterocycles. The van der Waals surface area contributed by atoms with Crippen LogP contribution in [-0.2, 0) is 14.4 Å². The lowest BCUT2D eigenvalue weighted by Crippen LogP contribution is -2.47. The van der Waals surface area contributed by atoms with Crippen molar-refractivity contribution in [1.29, 1.82) is 0 Å². The summed E-state index contributed by atoms with van der Waals surface area (Å²) in [5.74, 6) is -1.91. The van der Waals surface area contributed by atoms with E-state index in [4.69, 9.17) is 0 Å². The van der Waals surface area contributed by atoms with Gasteiger partial charge < -0.3 is 15.3 Å². The van der Waals surface area contributed by atoms with Crippen molar-refractivity contribution in [1.82, 2.24) is 10.2 Å². The fourth-order valence-electron chi connectivity index (χ4n) is 3.67. The van der Waals surface area contributed by atoms with Crippen LogP contribution in [0.2, 0.25) is 0 Å². The summed E-state index contributed by atoms with van der Waals surface area (Å²) in [5, 5.41) is 11.9. The SMILES string of the molecule is CNC(=O)C1CCCN(C(=O)C2CC(C)CC2C(=O)O)C1. The van der Waals surface area contributed by atoms with Gasteiger partial charge in [0.1, 0.15) is 0 Å². The number of nitrogens with one attached hydrogen (secondary N) is 1. The Kier molecular flexibility index (Phi) is 4.85. The van der Waals surface area contributed by atoms with Crippen LogP contribution in [0.1, 0.15) is 32.6 Å². The maximum Gasteiger partial charge on any atom is 0.307 e. The molecule has 6 nitrogen and oxygen atoms in total. The summed E-state index contributed by atoms with van der Waals surface area (Å²) in [6.07, 6.45) is 2.78. The largest absolute Gasteiger partial charge is 0.481 e. The molecule has 2 amide bonds. The number of carbonyl (C=O) groups excluding carboxylic acids is 2. The summed E-state index contributed by atoms with van der Waals surface area (Å²) in [4.78, 5) is 37.4. The second kappa shape index (κ2) is 6.45. The van der Waals surface area contributed by atoms with Crippen LogP contribution in [0, 0.1) is 23.7 Å². The molecule has 4 unspecified atom stereocenters. The van der Waals surface area contributed by atoms with E-state index in [1.54, 1.807) is 11.9 Å². The van der Waals surface area contributed by atoms with E-state index in [1.165, 1.54) is 0 Å². The van der Waals surface area contributed by atoms with E-state index >= 15 is 0 Å². The zero-order valence-corrected chi connectivity index (χ0v) is 12.7. The van der Waals surface area contributed by atoms with Gasteiger partial charge in [-0.15, -0.1) is 0 Å². The molecule has 2 aliphatic rings. The third-order valence-electron chi connectivity index (χ3n) is 4.78. The second-order valence-corrected chi connectivity index (χ2v) is 6.37. The van der Waals surface area contributed by atoms with Crippen molar-refractivity contribution >= 4 is 17.8 Å². The first kappa shape index (κ1) is 15.8. The Morgan fingerprint density at radius 1 is 1.19 bits per heavy atom. The molecule has 0 aromatic rings. The molecule has 21 heavy (non-hydrogen) atoms. The van der Waals surface area contributed by atoms with Crippen molar-refractivity contribution < 1.29 is 19.5 Å². The van der Waals surface area contributed by atoms with Crippen molar-refractivity contribution in [2.45, 2.75) is 32.6 Å². The van der Waals surface area contributed by atoms with E-state index in [9.17, 15) is 19.5 Å². The lowest BCUT2D eigenvalue weighted by atomic mass is 9.91. The van der Waals surface area contributed by atoms with E-state index in [0.717, 1.165) is 12.8 Å². The maximum absolute atomic E-state index is 12.6. The number of aliphatic carboxylic acids is 1. The Morgan fingerprint density at radius 2 is 1.86 bits per heavy atom. The molecule has 4 atom stereocenters. The van der Waals surface area contributed by atoms with E-state index in [-0.39, 0.29) is 23.7 Å². The smallest absolute Gasteiger partial charge is 0.307 e. The van der Waals surface area contributed by atoms with E-state index < -0.39 is 17.8 Å². The van der Waals surface area contributed by atoms with Crippen LogP contribution in [0.5, 0.6) is 0 Å². The highest BCUT2D eigenvalue weighted by molar-refractivity contribution is 5.86. The highest BCUT2D eigenvalue weighted by Crippen LogP contribution is 2.38. The van der Waals surface area contributed by atoms with E-state index in [0.29, 0.717) is 25.9 Å². The lowest BCUT2D eigenvalue weighted by molar-refractivity contribution is -0.150. The van der Waals surface area contributed by atoms with Gasteiger partial charge in [0.15, 0.2) is 0 Å². The zero-order valence-electron chi connectivity index (χ0n) is 12.7. The summed E-state index contributed by atoms with van der Waals surface area (Å²) in [6, 6.07) is 0. The highest BCUT2D eigenvalue weighted by atomic mass is 16.4. The third-order valence-corrected chi connectivity index (χ3v) is 4.78. The first-order valence-electron chi connectivity index (χ1n) is 7.67. The number of piperidine rings is 1. The Bertz CT molecular complexity index is 437. The van der Waals surface area contributed by atoms with Crippen LogP contribution in [-0.4, -0.2) is 47.9 Å². The molecule has 0 bridgehead atoms. The summed E-state index contributed by atoms with van der Waals surface area (Å²) in [7, 11) is 1.60. The van der Waals surface area contributed by atoms with Gasteiger partial charge in [0.25, 0.3) is 0 Å². The molecular formula is C15H24N2O4. The minimum Gasteiger partial charge on any atom is -0.481 e. The molecule has 2 N–H and O–H groups in total. The Balaban J connectivity index is 2.05. The van der Waals surface area contributed by atoms with Crippen LogP contribution in [0.4, 0.5) is 0 Å². The van der Waals surface area contributed by atoms with Gasteiger partial charge in [0, 0.05) is 20.1 Å². The molecule has 118 valence electrons. The van der Waals surface area contributed by atoms with Crippen LogP contribution in [0.25, 0.3) is 0 Å². The van der Waals surface area contributed by atoms with Gasteiger partial charge in [-0.1, -0.05) is 6.92 Å². The average Bonchev–Trinajstić information content (AvgIpc) is 2.88. The van der Waals surface area contributed by atoms with Crippen molar-refractivity contribution in [3.63, 3.8) is 0 Å². The molecule has 0 aromatic carbocycles. The molecule has 1 saturated heterocycles. The molecule has 0 spiro atoms. The van der Waals surface area contributed by atoms with Gasteiger partial charge in [0.2, 0.25) is 11.8 Å². The molecular weight excluding hydrogens is 272 g/mol. The predicted octanol–water partition coefficient (Wildman–Crippen LogP) is 0.718. The monoisotopic (exact) mass is 296 g/mol. The molecule has 1 aliphatic carbocycles. The molecule has 0 radical (unpaired) electrons. The van der Waals surface area contributed by atoms with Crippen molar-refractivity contribution in [2.24, 2.45) is 23.7 Å². The predicted molar refractivity (Wildman–Crippen MR) is 76.4 cm³/mol. The number of hydrogen-bond donors (Lipinski definition) is 2. The van der Waals surface area contributed by atoms with Gasteiger partial charge in [-0.05, 0) is 31.6 Å². The van der Waals surface area contributed by atoms with Gasteiger partial charge in [0.05, 0.1) is 17.8 Å². The Labute approximate surface area is 124 Å². The summed E-state index contributed by atoms with van der Waals surface area (Å²) >= 11 is 0. The minimum atomic E-state index is -0.877. The topological polar surface area (TPSA) is 86.7 Å². The van der Waals surface area contributed by atoms with Crippen LogP contribution in [0.3, 0.4) is 0 Å². The maximum atomic E-state index is 12.6. The van der Waals surface area contributed by atoms with Crippen LogP contribution >= 0.6 is 0 Å². The van der Waals surface area contributed by atoms with Crippen molar-refractivity contribution in [2.75, 3.05) is 20.1 Å². The van der Waals surface area contributed by atoms with Crippen molar-refractivity contribution in [3.8, 4) is 0 Å². The number of amides is 2. The number of rotatable bonds is 3. The Hall–Kier alpha value is -1.59. The number of carbonyl (C=O) groups is 3. The fourth-order valence-corrected chi connectivity index (χ4v) is 3.67. The summed E-state index contributed by atoms with van der Waals surface area (Å²) in [6.45, 7) is 3.03. The number of likely N-dealkylation sites (tertiary alicyclic amines) is 1. The van der Waals surface area contributed by atoms with Crippen molar-refractivity contribution in [3.05, 3.63) is 0 Å². The van der Waals surface area contributed by atoms with Gasteiger partial charge in [-0.25, -0.2) is 0 Å². The quantitative estimate of drug-likeness (QED) is 0.803. The van der Waals surface area contributed by atoms with E-state index in [2.05, 4.69) is 5.32 Å². The summed E-state index contributed by atoms with van der Waals surface area (Å²) < 4.78 is 0. The normalized spacial score (nSPS) is 32.8. The molecule has 6 heteroatoms. The molecule has 2 fully saturated rings. The van der Waals surface area contributed by atoms with Gasteiger partial charge in [-0.2, -0.15) is 0 Å². The third kappa shape index (κ3) is 3.36. The highest BCUT2D eigenvalue weighted by Gasteiger charge is 2.43. The molecule has 1 aliphatic heterocycles. The lowest BCUT2D eigenvalue weighted by Gasteiger charge is -2.34. The standard InChI is InChI=1S/C15H24N2O4/c1-9-6-11(12(7-9)15(20)21)14(19)17-5-3-4-10(8-17)13(18)16-2/h9-12H,3-8H2,1-2H3,(H,16,18)(H,20,21). The number of nitrogens with zero attached hydrogens (tertiary/aromatic N) is 1. The molecule has 0 aromatic heterocycles. The molecule has 1 saturated carbocycles. The first-order chi connectivity index (χ1) is 9.93. The summed E-state index contributed by atoms with van der Waals surface area (Å²) in [5.41, 5.74) is 0. The number of carboxylic acids is 1. The van der Waals surface area contributed by atoms with Gasteiger partial charge in [-0.3, -0.25) is 14.4 Å². The fraction of sp³-hybridized carbons (Fsp3) is 0.800. The number of hydrogen-bond acceptors (Lipinski definition) is 3. The second-order valence-electron chi connectivity index (χ2n) is 6.37. The first-order valence-corrected chi connectivity index (χ1v) is 7.67. The minimum absolute atomic E-state index is 0.0397. The average molecular weight is 296 g/mol. The zero-order chi connectivity index (χ0) is 15.6. The number of carboxylic acid groups (broad SMARTS) is 1. The van der Waals surface area contributed by atoms with Crippen LogP contribution in [0.15, 0.2) is 0 Å². The van der Waals surface area contributed by atoms with E-state index in [1.807, 2.05) is 6.92 Å². The van der Waals surface area contributed by atoms with Crippen LogP contribution < -0.4 is 5.32 Å². The van der Waals surface area contributed by atoms with Gasteiger partial charge >= 0.3 is 5.97 Å².